The highest BCUT2D eigenvalue weighted by Gasteiger charge is 2.26. The number of hydrogen-bond acceptors (Lipinski definition) is 4. The van der Waals surface area contributed by atoms with Crippen LogP contribution in [-0.2, 0) is 0 Å². The number of nitrogens with zero attached hydrogens (tertiary/aromatic N) is 3. The molecule has 1 aliphatic rings. The molecule has 8 heteroatoms. The van der Waals surface area contributed by atoms with Gasteiger partial charge in [0.25, 0.3) is 11.8 Å². The minimum Gasteiger partial charge on any atom is -0.349 e. The van der Waals surface area contributed by atoms with Gasteiger partial charge >= 0.3 is 0 Å². The van der Waals surface area contributed by atoms with Crippen molar-refractivity contribution in [2.75, 3.05) is 13.1 Å². The second kappa shape index (κ2) is 8.16. The number of thiophene rings is 1. The van der Waals surface area contributed by atoms with Crippen molar-refractivity contribution in [1.29, 1.82) is 0 Å². The van der Waals surface area contributed by atoms with E-state index in [1.165, 1.54) is 11.3 Å². The maximum atomic E-state index is 12.8. The van der Waals surface area contributed by atoms with E-state index >= 15 is 0 Å². The van der Waals surface area contributed by atoms with Gasteiger partial charge in [-0.2, -0.15) is 16.4 Å². The van der Waals surface area contributed by atoms with Gasteiger partial charge in [-0.3, -0.25) is 9.59 Å². The maximum Gasteiger partial charge on any atom is 0.274 e. The topological polar surface area (TPSA) is 67.2 Å². The Balaban J connectivity index is 1.35. The summed E-state index contributed by atoms with van der Waals surface area (Å²) in [6, 6.07) is 10.9. The minimum absolute atomic E-state index is 0.0497. The van der Waals surface area contributed by atoms with Gasteiger partial charge in [0.1, 0.15) is 0 Å². The van der Waals surface area contributed by atoms with E-state index in [1.807, 2.05) is 29.0 Å². The van der Waals surface area contributed by atoms with Crippen LogP contribution in [-0.4, -0.2) is 45.6 Å². The quantitative estimate of drug-likeness (QED) is 0.709. The van der Waals surface area contributed by atoms with E-state index in [-0.39, 0.29) is 17.9 Å². The smallest absolute Gasteiger partial charge is 0.274 e. The molecule has 1 aromatic carbocycles. The van der Waals surface area contributed by atoms with Crippen LogP contribution in [0.15, 0.2) is 53.4 Å². The van der Waals surface area contributed by atoms with E-state index in [9.17, 15) is 9.59 Å². The van der Waals surface area contributed by atoms with Crippen molar-refractivity contribution in [3.63, 3.8) is 0 Å². The van der Waals surface area contributed by atoms with Crippen molar-refractivity contribution in [3.05, 3.63) is 69.6 Å². The number of likely N-dealkylation sites (tertiary alicyclic amines) is 1. The number of carbonyl (C=O) groups is 2. The second-order valence-corrected chi connectivity index (χ2v) is 7.89. The van der Waals surface area contributed by atoms with E-state index in [0.717, 1.165) is 18.5 Å². The Bertz CT molecular complexity index is 978. The van der Waals surface area contributed by atoms with Crippen LogP contribution < -0.4 is 5.32 Å². The Hall–Kier alpha value is -2.64. The van der Waals surface area contributed by atoms with Gasteiger partial charge in [0.05, 0.1) is 5.69 Å². The average molecular weight is 415 g/mol. The zero-order chi connectivity index (χ0) is 19.5. The fourth-order valence-corrected chi connectivity index (χ4v) is 4.07. The molecule has 1 aliphatic heterocycles. The summed E-state index contributed by atoms with van der Waals surface area (Å²) in [5, 5.41) is 11.8. The van der Waals surface area contributed by atoms with Gasteiger partial charge in [-0.25, -0.2) is 4.68 Å². The van der Waals surface area contributed by atoms with Crippen molar-refractivity contribution in [2.24, 2.45) is 0 Å². The Kier molecular flexibility index (Phi) is 5.45. The lowest BCUT2D eigenvalue weighted by Gasteiger charge is -2.32. The van der Waals surface area contributed by atoms with E-state index in [2.05, 4.69) is 10.4 Å². The third-order valence-electron chi connectivity index (χ3n) is 4.78. The van der Waals surface area contributed by atoms with Crippen LogP contribution >= 0.6 is 22.9 Å². The minimum atomic E-state index is -0.0941. The standard InChI is InChI=1S/C20H19ClN4O2S/c21-15-2-1-3-17(12-15)25-10-6-18(23-25)20(27)24-8-4-16(5-9-24)22-19(26)14-7-11-28-13-14/h1-3,6-7,10-13,16H,4-5,8-9H2,(H,22,26). The van der Waals surface area contributed by atoms with Crippen LogP contribution in [0.2, 0.25) is 5.02 Å². The molecule has 1 fully saturated rings. The molecule has 1 saturated heterocycles. The maximum absolute atomic E-state index is 12.8. The molecule has 1 N–H and O–H groups in total. The van der Waals surface area contributed by atoms with Crippen LogP contribution in [0.4, 0.5) is 0 Å². The van der Waals surface area contributed by atoms with Crippen molar-refractivity contribution in [3.8, 4) is 5.69 Å². The fraction of sp³-hybridized carbons (Fsp3) is 0.250. The van der Waals surface area contributed by atoms with Gasteiger partial charge in [-0.15, -0.1) is 0 Å². The van der Waals surface area contributed by atoms with Gasteiger partial charge in [-0.05, 0) is 48.6 Å². The van der Waals surface area contributed by atoms with Crippen LogP contribution in [0.1, 0.15) is 33.7 Å². The van der Waals surface area contributed by atoms with Crippen molar-refractivity contribution < 1.29 is 9.59 Å². The molecule has 0 spiro atoms. The number of hydrogen-bond donors (Lipinski definition) is 1. The monoisotopic (exact) mass is 414 g/mol. The lowest BCUT2D eigenvalue weighted by Crippen LogP contribution is -2.46. The number of halogens is 1. The first-order chi connectivity index (χ1) is 13.6. The van der Waals surface area contributed by atoms with Gasteiger partial charge in [0.2, 0.25) is 0 Å². The first kappa shape index (κ1) is 18.7. The van der Waals surface area contributed by atoms with E-state index < -0.39 is 0 Å². The first-order valence-electron chi connectivity index (χ1n) is 9.04. The van der Waals surface area contributed by atoms with E-state index in [1.54, 1.807) is 34.0 Å². The van der Waals surface area contributed by atoms with Crippen LogP contribution in [0, 0.1) is 0 Å². The number of benzene rings is 1. The summed E-state index contributed by atoms with van der Waals surface area (Å²) in [7, 11) is 0. The highest BCUT2D eigenvalue weighted by atomic mass is 35.5. The zero-order valence-corrected chi connectivity index (χ0v) is 16.6. The third kappa shape index (κ3) is 4.10. The molecule has 0 aliphatic carbocycles. The SMILES string of the molecule is O=C(NC1CCN(C(=O)c2ccn(-c3cccc(Cl)c3)n2)CC1)c1ccsc1. The van der Waals surface area contributed by atoms with E-state index in [4.69, 9.17) is 11.6 Å². The molecule has 3 aromatic rings. The van der Waals surface area contributed by atoms with Crippen molar-refractivity contribution in [2.45, 2.75) is 18.9 Å². The molecule has 0 radical (unpaired) electrons. The molecule has 2 aromatic heterocycles. The predicted molar refractivity (Wildman–Crippen MR) is 109 cm³/mol. The Labute approximate surface area is 171 Å². The van der Waals surface area contributed by atoms with Crippen molar-refractivity contribution >= 4 is 34.8 Å². The second-order valence-electron chi connectivity index (χ2n) is 6.68. The molecule has 4 rings (SSSR count). The average Bonchev–Trinajstić information content (AvgIpc) is 3.40. The largest absolute Gasteiger partial charge is 0.349 e. The third-order valence-corrected chi connectivity index (χ3v) is 5.70. The molecule has 0 atom stereocenters. The highest BCUT2D eigenvalue weighted by Crippen LogP contribution is 2.17. The Morgan fingerprint density at radius 3 is 2.71 bits per heavy atom. The van der Waals surface area contributed by atoms with Gasteiger partial charge in [0.15, 0.2) is 5.69 Å². The van der Waals surface area contributed by atoms with Gasteiger partial charge < -0.3 is 10.2 Å². The zero-order valence-electron chi connectivity index (χ0n) is 15.0. The first-order valence-corrected chi connectivity index (χ1v) is 10.4. The summed E-state index contributed by atoms with van der Waals surface area (Å²) in [4.78, 5) is 26.7. The van der Waals surface area contributed by atoms with Crippen LogP contribution in [0.3, 0.4) is 0 Å². The number of piperidine rings is 1. The fourth-order valence-electron chi connectivity index (χ4n) is 3.25. The van der Waals surface area contributed by atoms with Gasteiger partial charge in [0, 0.05) is 41.3 Å². The molecule has 0 unspecified atom stereocenters. The highest BCUT2D eigenvalue weighted by molar-refractivity contribution is 7.08. The molecule has 28 heavy (non-hydrogen) atoms. The summed E-state index contributed by atoms with van der Waals surface area (Å²) in [6.45, 7) is 1.19. The number of carbonyl (C=O) groups excluding carboxylic acids is 2. The summed E-state index contributed by atoms with van der Waals surface area (Å²) < 4.78 is 1.65. The number of aromatic nitrogens is 2. The lowest BCUT2D eigenvalue weighted by molar-refractivity contribution is 0.0692. The summed E-state index contributed by atoms with van der Waals surface area (Å²) in [6.07, 6.45) is 3.22. The molecular formula is C20H19ClN4O2S. The molecule has 144 valence electrons. The number of amides is 2. The number of rotatable bonds is 4. The predicted octanol–water partition coefficient (Wildman–Crippen LogP) is 3.62. The van der Waals surface area contributed by atoms with Crippen molar-refractivity contribution in [1.82, 2.24) is 20.0 Å². The molecule has 0 bridgehead atoms. The van der Waals surface area contributed by atoms with Crippen LogP contribution in [0.25, 0.3) is 5.69 Å². The molecule has 6 nitrogen and oxygen atoms in total. The summed E-state index contributed by atoms with van der Waals surface area (Å²) in [5.74, 6) is -0.144. The van der Waals surface area contributed by atoms with E-state index in [0.29, 0.717) is 29.4 Å². The summed E-state index contributed by atoms with van der Waals surface area (Å²) >= 11 is 7.53. The van der Waals surface area contributed by atoms with Crippen LogP contribution in [0.5, 0.6) is 0 Å². The molecule has 2 amide bonds. The Morgan fingerprint density at radius 1 is 1.18 bits per heavy atom. The normalized spacial score (nSPS) is 14.8. The number of nitrogens with one attached hydrogen (secondary N) is 1. The Morgan fingerprint density at radius 2 is 2.00 bits per heavy atom. The molecule has 3 heterocycles. The van der Waals surface area contributed by atoms with Gasteiger partial charge in [-0.1, -0.05) is 17.7 Å². The lowest BCUT2D eigenvalue weighted by atomic mass is 10.0. The summed E-state index contributed by atoms with van der Waals surface area (Å²) in [5.41, 5.74) is 1.90. The molecular weight excluding hydrogens is 396 g/mol. The molecule has 0 saturated carbocycles.